The van der Waals surface area contributed by atoms with Crippen molar-refractivity contribution in [3.05, 3.63) is 0 Å². The van der Waals surface area contributed by atoms with Crippen LogP contribution in [0.25, 0.3) is 0 Å². The molecule has 1 aliphatic carbocycles. The second-order valence-electron chi connectivity index (χ2n) is 5.84. The van der Waals surface area contributed by atoms with Gasteiger partial charge in [-0.3, -0.25) is 0 Å². The maximum atomic E-state index is 9.84. The summed E-state index contributed by atoms with van der Waals surface area (Å²) in [7, 11) is 0. The molecule has 20 heavy (non-hydrogen) atoms. The first-order valence-corrected chi connectivity index (χ1v) is 8.33. The molecule has 0 radical (unpaired) electrons. The monoisotopic (exact) mass is 287 g/mol. The largest absolute Gasteiger partial charge is 0.389 e. The molecule has 0 aromatic rings. The highest BCUT2D eigenvalue weighted by Crippen LogP contribution is 2.27. The summed E-state index contributed by atoms with van der Waals surface area (Å²) < 4.78 is 10.5. The summed E-state index contributed by atoms with van der Waals surface area (Å²) in [4.78, 5) is 0. The smallest absolute Gasteiger partial charge is 0.0897 e. The Morgan fingerprint density at radius 1 is 1.10 bits per heavy atom. The van der Waals surface area contributed by atoms with Crippen molar-refractivity contribution in [1.29, 1.82) is 0 Å². The van der Waals surface area contributed by atoms with E-state index in [1.54, 1.807) is 0 Å². The molecule has 1 atom stereocenters. The van der Waals surface area contributed by atoms with Gasteiger partial charge in [-0.2, -0.15) is 0 Å². The van der Waals surface area contributed by atoms with Crippen LogP contribution in [-0.4, -0.2) is 50.2 Å². The normalized spacial score (nSPS) is 24.8. The molecule has 1 saturated carbocycles. The van der Waals surface area contributed by atoms with Gasteiger partial charge in [-0.15, -0.1) is 0 Å². The molecule has 2 N–H and O–H groups in total. The zero-order chi connectivity index (χ0) is 14.6. The zero-order valence-electron chi connectivity index (χ0n) is 13.3. The summed E-state index contributed by atoms with van der Waals surface area (Å²) in [6.07, 6.45) is 7.46. The van der Waals surface area contributed by atoms with E-state index in [-0.39, 0.29) is 0 Å². The van der Waals surface area contributed by atoms with E-state index in [2.05, 4.69) is 12.2 Å². The Kier molecular flexibility index (Phi) is 10.3. The molecule has 0 saturated heterocycles. The lowest BCUT2D eigenvalue weighted by molar-refractivity contribution is 0.00523. The Morgan fingerprint density at radius 3 is 2.45 bits per heavy atom. The van der Waals surface area contributed by atoms with Gasteiger partial charge in [-0.05, 0) is 38.5 Å². The average Bonchev–Trinajstić information content (AvgIpc) is 2.47. The minimum atomic E-state index is -0.412. The van der Waals surface area contributed by atoms with Crippen molar-refractivity contribution in [2.45, 2.75) is 64.5 Å². The molecule has 4 heteroatoms. The van der Waals surface area contributed by atoms with Gasteiger partial charge < -0.3 is 19.9 Å². The predicted molar refractivity (Wildman–Crippen MR) is 82.0 cm³/mol. The maximum absolute atomic E-state index is 9.84. The highest BCUT2D eigenvalue weighted by molar-refractivity contribution is 4.77. The second-order valence-corrected chi connectivity index (χ2v) is 5.84. The summed E-state index contributed by atoms with van der Waals surface area (Å²) in [5, 5.41) is 13.3. The Morgan fingerprint density at radius 2 is 1.80 bits per heavy atom. The minimum absolute atomic E-state index is 0.394. The molecule has 0 aromatic heterocycles. The van der Waals surface area contributed by atoms with Crippen LogP contribution in [0.2, 0.25) is 0 Å². The minimum Gasteiger partial charge on any atom is -0.389 e. The predicted octanol–water partition coefficient (Wildman–Crippen LogP) is 2.35. The van der Waals surface area contributed by atoms with Crippen LogP contribution in [0.4, 0.5) is 0 Å². The van der Waals surface area contributed by atoms with Crippen LogP contribution in [0.5, 0.6) is 0 Å². The molecule has 1 aliphatic rings. The van der Waals surface area contributed by atoms with E-state index in [9.17, 15) is 5.11 Å². The van der Waals surface area contributed by atoms with Crippen molar-refractivity contribution in [1.82, 2.24) is 5.32 Å². The van der Waals surface area contributed by atoms with Crippen molar-refractivity contribution in [3.63, 3.8) is 0 Å². The fourth-order valence-corrected chi connectivity index (χ4v) is 2.91. The van der Waals surface area contributed by atoms with E-state index >= 15 is 0 Å². The van der Waals surface area contributed by atoms with Crippen LogP contribution < -0.4 is 5.32 Å². The topological polar surface area (TPSA) is 50.7 Å². The molecular weight excluding hydrogens is 254 g/mol. The first-order valence-electron chi connectivity index (χ1n) is 8.33. The van der Waals surface area contributed by atoms with Crippen LogP contribution in [-0.2, 0) is 9.47 Å². The summed E-state index contributed by atoms with van der Waals surface area (Å²) in [6.45, 7) is 7.16. The van der Waals surface area contributed by atoms with Gasteiger partial charge in [0, 0.05) is 19.2 Å². The van der Waals surface area contributed by atoms with Crippen molar-refractivity contribution < 1.29 is 14.6 Å². The molecular formula is C16H33NO3. The first kappa shape index (κ1) is 17.9. The third-order valence-electron chi connectivity index (χ3n) is 4.07. The zero-order valence-corrected chi connectivity index (χ0v) is 13.3. The number of nitrogens with one attached hydrogen (secondary N) is 1. The third kappa shape index (κ3) is 8.20. The molecule has 0 heterocycles. The van der Waals surface area contributed by atoms with E-state index < -0.39 is 6.10 Å². The first-order chi connectivity index (χ1) is 9.76. The van der Waals surface area contributed by atoms with Gasteiger partial charge in [-0.25, -0.2) is 0 Å². The number of hydrogen-bond acceptors (Lipinski definition) is 4. The van der Waals surface area contributed by atoms with Crippen LogP contribution in [0, 0.1) is 5.92 Å². The van der Waals surface area contributed by atoms with Gasteiger partial charge in [0.05, 0.1) is 25.9 Å². The lowest BCUT2D eigenvalue weighted by atomic mass is 9.83. The SMILES string of the molecule is CCCC1CCC(NCC(O)COCCOCC)CC1. The number of aliphatic hydroxyl groups excluding tert-OH is 1. The molecule has 120 valence electrons. The number of ether oxygens (including phenoxy) is 2. The summed E-state index contributed by atoms with van der Waals surface area (Å²) in [5.41, 5.74) is 0. The number of hydrogen-bond donors (Lipinski definition) is 2. The Bertz CT molecular complexity index is 218. The van der Waals surface area contributed by atoms with Gasteiger partial charge in [0.1, 0.15) is 0 Å². The molecule has 4 nitrogen and oxygen atoms in total. The van der Waals surface area contributed by atoms with Crippen molar-refractivity contribution in [3.8, 4) is 0 Å². The number of aliphatic hydroxyl groups is 1. The van der Waals surface area contributed by atoms with E-state index in [0.29, 0.717) is 39.0 Å². The van der Waals surface area contributed by atoms with E-state index in [4.69, 9.17) is 9.47 Å². The molecule has 0 aromatic carbocycles. The molecule has 0 bridgehead atoms. The van der Waals surface area contributed by atoms with E-state index in [1.165, 1.54) is 38.5 Å². The fraction of sp³-hybridized carbons (Fsp3) is 1.00. The van der Waals surface area contributed by atoms with Crippen molar-refractivity contribution >= 4 is 0 Å². The highest BCUT2D eigenvalue weighted by Gasteiger charge is 2.20. The van der Waals surface area contributed by atoms with Crippen molar-refractivity contribution in [2.24, 2.45) is 5.92 Å². The lowest BCUT2D eigenvalue weighted by Crippen LogP contribution is -2.39. The van der Waals surface area contributed by atoms with Gasteiger partial charge in [0.15, 0.2) is 0 Å². The molecule has 0 amide bonds. The Labute approximate surface area is 124 Å². The Balaban J connectivity index is 1.97. The van der Waals surface area contributed by atoms with Crippen molar-refractivity contribution in [2.75, 3.05) is 33.0 Å². The maximum Gasteiger partial charge on any atom is 0.0897 e. The quantitative estimate of drug-likeness (QED) is 0.573. The second kappa shape index (κ2) is 11.5. The third-order valence-corrected chi connectivity index (χ3v) is 4.07. The van der Waals surface area contributed by atoms with Crippen LogP contribution >= 0.6 is 0 Å². The molecule has 1 fully saturated rings. The van der Waals surface area contributed by atoms with Gasteiger partial charge in [-0.1, -0.05) is 19.8 Å². The van der Waals surface area contributed by atoms with Crippen LogP contribution in [0.1, 0.15) is 52.4 Å². The van der Waals surface area contributed by atoms with E-state index in [0.717, 1.165) is 5.92 Å². The molecule has 1 rings (SSSR count). The number of rotatable bonds is 11. The average molecular weight is 287 g/mol. The summed E-state index contributed by atoms with van der Waals surface area (Å²) in [5.74, 6) is 0.935. The van der Waals surface area contributed by atoms with Gasteiger partial charge >= 0.3 is 0 Å². The van der Waals surface area contributed by atoms with Crippen LogP contribution in [0.15, 0.2) is 0 Å². The molecule has 1 unspecified atom stereocenters. The van der Waals surface area contributed by atoms with Gasteiger partial charge in [0.2, 0.25) is 0 Å². The lowest BCUT2D eigenvalue weighted by Gasteiger charge is -2.29. The van der Waals surface area contributed by atoms with E-state index in [1.807, 2.05) is 6.92 Å². The fourth-order valence-electron chi connectivity index (χ4n) is 2.91. The van der Waals surface area contributed by atoms with Gasteiger partial charge in [0.25, 0.3) is 0 Å². The summed E-state index contributed by atoms with van der Waals surface area (Å²) >= 11 is 0. The Hall–Kier alpha value is -0.160. The highest BCUT2D eigenvalue weighted by atomic mass is 16.5. The molecule has 0 spiro atoms. The standard InChI is InChI=1S/C16H33NO3/c1-3-5-14-6-8-15(9-7-14)17-12-16(18)13-20-11-10-19-4-2/h14-18H,3-13H2,1-2H3. The summed E-state index contributed by atoms with van der Waals surface area (Å²) in [6, 6.07) is 0.584. The van der Waals surface area contributed by atoms with Crippen LogP contribution in [0.3, 0.4) is 0 Å². The molecule has 0 aliphatic heterocycles.